The zero-order valence-corrected chi connectivity index (χ0v) is 23.2. The van der Waals surface area contributed by atoms with Crippen LogP contribution in [0.15, 0.2) is 22.1 Å². The smallest absolute Gasteiger partial charge is 0.410 e. The fourth-order valence-electron chi connectivity index (χ4n) is 3.45. The Labute approximate surface area is 211 Å². The first-order valence-electron chi connectivity index (χ1n) is 12.1. The van der Waals surface area contributed by atoms with Gasteiger partial charge in [-0.3, -0.25) is 9.89 Å². The molecule has 8 heteroatoms. The normalized spacial score (nSPS) is 22.1. The molecule has 0 bridgehead atoms. The number of hydrogen-bond acceptors (Lipinski definition) is 7. The molecule has 6 nitrogen and oxygen atoms in total. The van der Waals surface area contributed by atoms with Gasteiger partial charge in [0.15, 0.2) is 0 Å². The molecule has 0 aromatic carbocycles. The van der Waals surface area contributed by atoms with E-state index < -0.39 is 0 Å². The minimum atomic E-state index is -0.367. The lowest BCUT2D eigenvalue weighted by atomic mass is 10.1. The molecule has 3 aliphatic heterocycles. The van der Waals surface area contributed by atoms with Crippen molar-refractivity contribution in [2.45, 2.75) is 95.9 Å². The van der Waals surface area contributed by atoms with Crippen molar-refractivity contribution in [2.75, 3.05) is 32.7 Å². The fraction of sp³-hybridized carbons (Fsp3) is 0.800. The van der Waals surface area contributed by atoms with Crippen molar-refractivity contribution in [1.29, 1.82) is 0 Å². The topological polar surface area (TPSA) is 57.5 Å². The van der Waals surface area contributed by atoms with Crippen molar-refractivity contribution in [1.82, 2.24) is 9.80 Å². The second-order valence-electron chi connectivity index (χ2n) is 10.3. The summed E-state index contributed by atoms with van der Waals surface area (Å²) < 4.78 is 5.52. The molecular weight excluding hydrogens is 452 g/mol. The van der Waals surface area contributed by atoms with Crippen molar-refractivity contribution in [3.63, 3.8) is 0 Å². The first-order chi connectivity index (χ1) is 15.4. The van der Waals surface area contributed by atoms with E-state index in [4.69, 9.17) is 4.74 Å². The molecule has 1 unspecified atom stereocenters. The average Bonchev–Trinajstić information content (AvgIpc) is 3.13. The van der Waals surface area contributed by atoms with Gasteiger partial charge < -0.3 is 9.64 Å². The summed E-state index contributed by atoms with van der Waals surface area (Å²) in [6.07, 6.45) is 9.52. The predicted molar refractivity (Wildman–Crippen MR) is 146 cm³/mol. The van der Waals surface area contributed by atoms with Crippen LogP contribution < -0.4 is 0 Å². The summed E-state index contributed by atoms with van der Waals surface area (Å²) in [4.78, 5) is 24.0. The summed E-state index contributed by atoms with van der Waals surface area (Å²) in [5, 5.41) is 2.25. The molecule has 1 atom stereocenters. The van der Waals surface area contributed by atoms with E-state index in [0.717, 1.165) is 31.5 Å². The third kappa shape index (κ3) is 13.9. The van der Waals surface area contributed by atoms with Gasteiger partial charge in [0.2, 0.25) is 0 Å². The Morgan fingerprint density at radius 1 is 1.18 bits per heavy atom. The maximum Gasteiger partial charge on any atom is 0.410 e. The van der Waals surface area contributed by atoms with E-state index in [0.29, 0.717) is 12.0 Å². The van der Waals surface area contributed by atoms with Crippen molar-refractivity contribution < 1.29 is 9.53 Å². The number of likely N-dealkylation sites (tertiary alicyclic amines) is 2. The Kier molecular flexibility index (Phi) is 13.5. The lowest BCUT2D eigenvalue weighted by Gasteiger charge is -2.31. The van der Waals surface area contributed by atoms with Crippen LogP contribution in [0.1, 0.15) is 80.1 Å². The lowest BCUT2D eigenvalue weighted by molar-refractivity contribution is 0.0216. The highest BCUT2D eigenvalue weighted by Gasteiger charge is 2.31. The number of rotatable bonds is 3. The molecule has 0 radical (unpaired) electrons. The van der Waals surface area contributed by atoms with Crippen LogP contribution in [0.25, 0.3) is 0 Å². The van der Waals surface area contributed by atoms with Crippen molar-refractivity contribution in [2.24, 2.45) is 9.98 Å². The molecule has 0 spiro atoms. The van der Waals surface area contributed by atoms with Crippen LogP contribution in [0.2, 0.25) is 0 Å². The maximum atomic E-state index is 11.5. The monoisotopic (exact) mass is 496 g/mol. The van der Waals surface area contributed by atoms with Crippen LogP contribution in [-0.4, -0.2) is 75.8 Å². The molecule has 3 aliphatic rings. The van der Waals surface area contributed by atoms with Gasteiger partial charge in [-0.2, -0.15) is 0 Å². The average molecular weight is 497 g/mol. The van der Waals surface area contributed by atoms with Crippen LogP contribution in [0.3, 0.4) is 0 Å². The summed E-state index contributed by atoms with van der Waals surface area (Å²) in [7, 11) is 0. The number of isothiocyanates is 1. The van der Waals surface area contributed by atoms with Gasteiger partial charge >= 0.3 is 6.09 Å². The number of carbonyl (C=O) groups excluding carboxylic acids is 1. The van der Waals surface area contributed by atoms with Crippen molar-refractivity contribution in [3.05, 3.63) is 12.2 Å². The summed E-state index contributed by atoms with van der Waals surface area (Å²) in [6, 6.07) is 0. The molecule has 3 rings (SSSR count). The van der Waals surface area contributed by atoms with Gasteiger partial charge in [0, 0.05) is 37.1 Å². The zero-order valence-electron chi connectivity index (χ0n) is 21.6. The molecule has 33 heavy (non-hydrogen) atoms. The second kappa shape index (κ2) is 14.9. The van der Waals surface area contributed by atoms with E-state index in [1.807, 2.05) is 39.5 Å². The van der Waals surface area contributed by atoms with E-state index in [2.05, 4.69) is 58.9 Å². The Hall–Kier alpha value is -1.21. The van der Waals surface area contributed by atoms with Gasteiger partial charge in [0.05, 0.1) is 11.7 Å². The minimum absolute atomic E-state index is 0.160. The fourth-order valence-corrected chi connectivity index (χ4v) is 4.67. The van der Waals surface area contributed by atoms with Crippen LogP contribution >= 0.6 is 24.0 Å². The van der Waals surface area contributed by atoms with E-state index in [1.54, 1.807) is 4.90 Å². The van der Waals surface area contributed by atoms with Crippen LogP contribution in [-0.2, 0) is 4.74 Å². The van der Waals surface area contributed by atoms with Crippen molar-refractivity contribution >= 4 is 41.4 Å². The molecule has 0 N–H and O–H groups in total. The first kappa shape index (κ1) is 29.8. The van der Waals surface area contributed by atoms with Gasteiger partial charge in [-0.15, -0.1) is 11.8 Å². The molecule has 2 fully saturated rings. The molecule has 1 amide bonds. The number of thiocarbonyl (C=S) groups is 1. The number of thioether (sulfide) groups is 1. The molecular formula is C25H44N4O2S2. The number of piperidine rings is 2. The van der Waals surface area contributed by atoms with Gasteiger partial charge in [-0.25, -0.2) is 9.79 Å². The largest absolute Gasteiger partial charge is 0.444 e. The number of aliphatic imine (C=N–C) groups is 2. The molecule has 3 heterocycles. The third-order valence-corrected chi connectivity index (χ3v) is 6.52. The van der Waals surface area contributed by atoms with Crippen LogP contribution in [0.4, 0.5) is 4.79 Å². The zero-order chi connectivity index (χ0) is 24.9. The molecule has 0 saturated carbocycles. The Bertz CT molecular complexity index is 685. The first-order valence-corrected chi connectivity index (χ1v) is 13.3. The number of amides is 1. The Morgan fingerprint density at radius 3 is 2.12 bits per heavy atom. The Morgan fingerprint density at radius 2 is 1.73 bits per heavy atom. The number of ether oxygens (including phenoxy) is 1. The molecule has 188 valence electrons. The molecule has 0 aliphatic carbocycles. The van der Waals surface area contributed by atoms with E-state index >= 15 is 0 Å². The SMILES string of the molecule is C=C(C)CN=C=S.CC(C)(C)OC(=O)N1CCCCC1.CC1(C)C=NC(N2CCCCC2)S1. The lowest BCUT2D eigenvalue weighted by Crippen LogP contribution is -2.39. The van der Waals surface area contributed by atoms with E-state index in [-0.39, 0.29) is 16.4 Å². The highest BCUT2D eigenvalue weighted by molar-refractivity contribution is 8.02. The van der Waals surface area contributed by atoms with Crippen LogP contribution in [0, 0.1) is 0 Å². The van der Waals surface area contributed by atoms with E-state index in [9.17, 15) is 4.79 Å². The Balaban J connectivity index is 0.000000261. The van der Waals surface area contributed by atoms with E-state index in [1.165, 1.54) is 38.8 Å². The highest BCUT2D eigenvalue weighted by atomic mass is 32.2. The standard InChI is InChI=1S/C10H18N2S.C10H19NO2.C5H7NS/c1-10(2)8-11-9(13-10)12-6-4-3-5-7-12;1-10(2,3)13-9(12)11-7-5-4-6-8-11;1-5(2)3-6-4-7/h8-9H,3-7H2,1-2H3;4-8H2,1-3H3;1,3H2,2H3. The van der Waals surface area contributed by atoms with Gasteiger partial charge in [-0.1, -0.05) is 18.6 Å². The molecule has 0 aromatic rings. The summed E-state index contributed by atoms with van der Waals surface area (Å²) in [5.74, 6) is 0. The number of nitrogens with zero attached hydrogens (tertiary/aromatic N) is 4. The maximum absolute atomic E-state index is 11.5. The number of carbonyl (C=O) groups is 1. The highest BCUT2D eigenvalue weighted by Crippen LogP contribution is 2.36. The van der Waals surface area contributed by atoms with Crippen molar-refractivity contribution in [3.8, 4) is 0 Å². The summed E-state index contributed by atoms with van der Waals surface area (Å²) in [5.41, 5.74) is 1.06. The van der Waals surface area contributed by atoms with Gasteiger partial charge in [0.1, 0.15) is 11.1 Å². The van der Waals surface area contributed by atoms with Gasteiger partial charge in [-0.05, 0) is 85.9 Å². The third-order valence-electron chi connectivity index (χ3n) is 5.05. The minimum Gasteiger partial charge on any atom is -0.444 e. The molecule has 0 aromatic heterocycles. The van der Waals surface area contributed by atoms with Gasteiger partial charge in [0.25, 0.3) is 0 Å². The number of hydrogen-bond donors (Lipinski definition) is 0. The second-order valence-corrected chi connectivity index (χ2v) is 12.2. The quantitative estimate of drug-likeness (QED) is 0.256. The summed E-state index contributed by atoms with van der Waals surface area (Å²) in [6.45, 7) is 20.5. The van der Waals surface area contributed by atoms with Crippen LogP contribution in [0.5, 0.6) is 0 Å². The summed E-state index contributed by atoms with van der Waals surface area (Å²) >= 11 is 6.29. The molecule has 2 saturated heterocycles. The predicted octanol–water partition coefficient (Wildman–Crippen LogP) is 6.42.